The van der Waals surface area contributed by atoms with Crippen molar-refractivity contribution >= 4 is 23.4 Å². The lowest BCUT2D eigenvalue weighted by atomic mass is 9.80. The number of pyridine rings is 1. The van der Waals surface area contributed by atoms with Crippen LogP contribution >= 0.6 is 11.6 Å². The smallest absolute Gasteiger partial charge is 0.417 e. The van der Waals surface area contributed by atoms with Crippen molar-refractivity contribution in [3.8, 4) is 5.88 Å². The third-order valence-electron chi connectivity index (χ3n) is 8.52. The first-order chi connectivity index (χ1) is 18.5. The Morgan fingerprint density at radius 3 is 2.28 bits per heavy atom. The minimum Gasteiger partial charge on any atom is -0.477 e. The first-order valence-corrected chi connectivity index (χ1v) is 13.9. The highest BCUT2D eigenvalue weighted by atomic mass is 35.5. The SMILES string of the molecule is CC1(C(=O)N2CCC(C(=O)N3CCC(COc4ccc(C(F)(F)F)cn4)[C@H](c4ccc(Cl)cc4)C3)CC2)CC1. The van der Waals surface area contributed by atoms with Crippen molar-refractivity contribution in [2.75, 3.05) is 32.8 Å². The number of aromatic nitrogens is 1. The highest BCUT2D eigenvalue weighted by molar-refractivity contribution is 6.30. The second-order valence-electron chi connectivity index (χ2n) is 11.3. The molecule has 210 valence electrons. The molecule has 0 radical (unpaired) electrons. The maximum absolute atomic E-state index is 13.5. The molecule has 1 saturated carbocycles. The van der Waals surface area contributed by atoms with Crippen LogP contribution in [0.15, 0.2) is 42.6 Å². The van der Waals surface area contributed by atoms with Crippen LogP contribution in [0.5, 0.6) is 5.88 Å². The number of hydrogen-bond acceptors (Lipinski definition) is 4. The van der Waals surface area contributed by atoms with Gasteiger partial charge in [-0.25, -0.2) is 4.98 Å². The third-order valence-corrected chi connectivity index (χ3v) is 8.77. The molecule has 39 heavy (non-hydrogen) atoms. The predicted octanol–water partition coefficient (Wildman–Crippen LogP) is 5.80. The van der Waals surface area contributed by atoms with E-state index in [-0.39, 0.29) is 47.5 Å². The Kier molecular flexibility index (Phi) is 7.82. The Bertz CT molecular complexity index is 1180. The van der Waals surface area contributed by atoms with E-state index in [2.05, 4.69) is 4.98 Å². The zero-order valence-electron chi connectivity index (χ0n) is 21.9. The van der Waals surface area contributed by atoms with Crippen LogP contribution < -0.4 is 4.74 Å². The number of halogens is 4. The summed E-state index contributed by atoms with van der Waals surface area (Å²) in [5.41, 5.74) is 0.0179. The van der Waals surface area contributed by atoms with Gasteiger partial charge in [0.25, 0.3) is 0 Å². The van der Waals surface area contributed by atoms with Crippen LogP contribution in [0, 0.1) is 17.3 Å². The number of piperidine rings is 2. The molecular weight excluding hydrogens is 531 g/mol. The molecule has 3 heterocycles. The largest absolute Gasteiger partial charge is 0.477 e. The van der Waals surface area contributed by atoms with Gasteiger partial charge < -0.3 is 14.5 Å². The van der Waals surface area contributed by atoms with Crippen molar-refractivity contribution in [1.82, 2.24) is 14.8 Å². The molecule has 0 N–H and O–H groups in total. The number of carbonyl (C=O) groups is 2. The van der Waals surface area contributed by atoms with E-state index in [1.165, 1.54) is 6.07 Å². The summed E-state index contributed by atoms with van der Waals surface area (Å²) in [5, 5.41) is 0.616. The Morgan fingerprint density at radius 1 is 1.03 bits per heavy atom. The van der Waals surface area contributed by atoms with Gasteiger partial charge in [0, 0.05) is 66.6 Å². The monoisotopic (exact) mass is 563 g/mol. The molecular formula is C29H33ClF3N3O3. The van der Waals surface area contributed by atoms with Gasteiger partial charge in [-0.1, -0.05) is 30.7 Å². The molecule has 2 saturated heterocycles. The normalized spacial score (nSPS) is 23.4. The number of alkyl halides is 3. The highest BCUT2D eigenvalue weighted by Crippen LogP contribution is 2.47. The summed E-state index contributed by atoms with van der Waals surface area (Å²) in [7, 11) is 0. The molecule has 1 aromatic carbocycles. The average molecular weight is 564 g/mol. The van der Waals surface area contributed by atoms with Gasteiger partial charge >= 0.3 is 6.18 Å². The summed E-state index contributed by atoms with van der Waals surface area (Å²) in [6, 6.07) is 9.74. The van der Waals surface area contributed by atoms with E-state index in [1.54, 1.807) is 0 Å². The molecule has 0 bridgehead atoms. The standard InChI is InChI=1S/C29H33ClF3N3O3/c1-28(11-12-28)27(38)35-13-8-20(9-14-35)26(37)36-15-10-21(24(17-36)19-2-5-23(30)6-3-19)18-39-25-7-4-22(16-34-25)29(31,32)33/h2-7,16,20-21,24H,8-15,17-18H2,1H3/t21?,24-/m0/s1. The van der Waals surface area contributed by atoms with Crippen molar-refractivity contribution in [3.05, 3.63) is 58.7 Å². The van der Waals surface area contributed by atoms with E-state index in [1.807, 2.05) is 41.0 Å². The van der Waals surface area contributed by atoms with Gasteiger partial charge in [0.15, 0.2) is 0 Å². The summed E-state index contributed by atoms with van der Waals surface area (Å²) in [5.74, 6) is 0.403. The van der Waals surface area contributed by atoms with Crippen LogP contribution in [0.4, 0.5) is 13.2 Å². The maximum atomic E-state index is 13.5. The van der Waals surface area contributed by atoms with Crippen molar-refractivity contribution in [1.29, 1.82) is 0 Å². The molecule has 5 rings (SSSR count). The number of hydrogen-bond donors (Lipinski definition) is 0. The van der Waals surface area contributed by atoms with Gasteiger partial charge in [0.05, 0.1) is 12.2 Å². The zero-order valence-corrected chi connectivity index (χ0v) is 22.7. The van der Waals surface area contributed by atoms with Gasteiger partial charge in [0.1, 0.15) is 0 Å². The fourth-order valence-corrected chi connectivity index (χ4v) is 5.81. The van der Waals surface area contributed by atoms with E-state index >= 15 is 0 Å². The lowest BCUT2D eigenvalue weighted by molar-refractivity contribution is -0.144. The van der Waals surface area contributed by atoms with Gasteiger partial charge in [0.2, 0.25) is 17.7 Å². The number of amides is 2. The Morgan fingerprint density at radius 2 is 1.69 bits per heavy atom. The zero-order chi connectivity index (χ0) is 27.8. The van der Waals surface area contributed by atoms with Crippen molar-refractivity contribution in [2.45, 2.75) is 51.1 Å². The second-order valence-corrected chi connectivity index (χ2v) is 11.7. The van der Waals surface area contributed by atoms with Crippen LogP contribution in [0.2, 0.25) is 5.02 Å². The molecule has 1 aromatic heterocycles. The Labute approximate surface area is 231 Å². The van der Waals surface area contributed by atoms with E-state index in [0.29, 0.717) is 50.5 Å². The van der Waals surface area contributed by atoms with Crippen LogP contribution in [0.3, 0.4) is 0 Å². The third kappa shape index (κ3) is 6.34. The maximum Gasteiger partial charge on any atom is 0.417 e. The van der Waals surface area contributed by atoms with Crippen LogP contribution in [-0.4, -0.2) is 59.4 Å². The molecule has 6 nitrogen and oxygen atoms in total. The molecule has 2 atom stereocenters. The van der Waals surface area contributed by atoms with E-state index < -0.39 is 11.7 Å². The lowest BCUT2D eigenvalue weighted by Crippen LogP contribution is -2.49. The first-order valence-electron chi connectivity index (χ1n) is 13.5. The van der Waals surface area contributed by atoms with Gasteiger partial charge in [-0.3, -0.25) is 9.59 Å². The highest BCUT2D eigenvalue weighted by Gasteiger charge is 2.48. The molecule has 0 spiro atoms. The molecule has 10 heteroatoms. The fraction of sp³-hybridized carbons (Fsp3) is 0.552. The van der Waals surface area contributed by atoms with Crippen molar-refractivity contribution < 1.29 is 27.5 Å². The number of benzene rings is 1. The van der Waals surface area contributed by atoms with Crippen LogP contribution in [0.1, 0.15) is 56.1 Å². The summed E-state index contributed by atoms with van der Waals surface area (Å²) >= 11 is 6.11. The minimum absolute atomic E-state index is 0.0223. The topological polar surface area (TPSA) is 62.7 Å². The number of rotatable bonds is 6. The summed E-state index contributed by atoms with van der Waals surface area (Å²) in [4.78, 5) is 33.9. The number of ether oxygens (including phenoxy) is 1. The second kappa shape index (κ2) is 11.0. The predicted molar refractivity (Wildman–Crippen MR) is 140 cm³/mol. The van der Waals surface area contributed by atoms with Crippen molar-refractivity contribution in [2.24, 2.45) is 17.3 Å². The molecule has 3 aliphatic rings. The van der Waals surface area contributed by atoms with Crippen LogP contribution in [0.25, 0.3) is 0 Å². The molecule has 2 aliphatic heterocycles. The minimum atomic E-state index is -4.45. The number of carbonyl (C=O) groups excluding carboxylic acids is 2. The van der Waals surface area contributed by atoms with Gasteiger partial charge in [-0.2, -0.15) is 13.2 Å². The molecule has 3 fully saturated rings. The molecule has 1 unspecified atom stereocenters. The van der Waals surface area contributed by atoms with Gasteiger partial charge in [-0.05, 0) is 55.9 Å². The lowest BCUT2D eigenvalue weighted by Gasteiger charge is -2.41. The Hall–Kier alpha value is -2.81. The van der Waals surface area contributed by atoms with Crippen molar-refractivity contribution in [3.63, 3.8) is 0 Å². The summed E-state index contributed by atoms with van der Waals surface area (Å²) in [6.45, 7) is 4.63. The summed E-state index contributed by atoms with van der Waals surface area (Å²) in [6.07, 6.45) is 0.261. The fourth-order valence-electron chi connectivity index (χ4n) is 5.68. The van der Waals surface area contributed by atoms with Gasteiger partial charge in [-0.15, -0.1) is 0 Å². The van der Waals surface area contributed by atoms with E-state index in [9.17, 15) is 22.8 Å². The average Bonchev–Trinajstić information content (AvgIpc) is 3.69. The molecule has 2 amide bonds. The number of likely N-dealkylation sites (tertiary alicyclic amines) is 2. The Balaban J connectivity index is 1.22. The van der Waals surface area contributed by atoms with E-state index in [0.717, 1.165) is 30.7 Å². The molecule has 2 aromatic rings. The quantitative estimate of drug-likeness (QED) is 0.445. The van der Waals surface area contributed by atoms with E-state index in [4.69, 9.17) is 16.3 Å². The summed E-state index contributed by atoms with van der Waals surface area (Å²) < 4.78 is 44.4. The van der Waals surface area contributed by atoms with Crippen LogP contribution in [-0.2, 0) is 15.8 Å². The molecule has 1 aliphatic carbocycles. The first kappa shape index (κ1) is 27.7. The number of nitrogens with zero attached hydrogens (tertiary/aromatic N) is 3.